The molecular weight excluding hydrogens is 304 g/mol. The lowest BCUT2D eigenvalue weighted by Gasteiger charge is -2.18. The Morgan fingerprint density at radius 3 is 2.59 bits per heavy atom. The fraction of sp³-hybridized carbons (Fsp3) is 0.333. The monoisotopic (exact) mass is 322 g/mol. The average Bonchev–Trinajstić information content (AvgIpc) is 2.43. The van der Waals surface area contributed by atoms with Crippen molar-refractivity contribution in [3.05, 3.63) is 36.0 Å². The average molecular weight is 322 g/mol. The number of carbonyl (C=O) groups is 1. The van der Waals surface area contributed by atoms with Crippen LogP contribution in [0.4, 0.5) is 0 Å². The zero-order valence-corrected chi connectivity index (χ0v) is 13.4. The molecule has 118 valence electrons. The first kappa shape index (κ1) is 16.4. The van der Waals surface area contributed by atoms with Gasteiger partial charge in [0.15, 0.2) is 0 Å². The number of hydrogen-bond donors (Lipinski definition) is 2. The molecule has 6 nitrogen and oxygen atoms in total. The van der Waals surface area contributed by atoms with Gasteiger partial charge in [0, 0.05) is 11.6 Å². The Morgan fingerprint density at radius 1 is 1.32 bits per heavy atom. The van der Waals surface area contributed by atoms with Gasteiger partial charge < -0.3 is 5.11 Å². The van der Waals surface area contributed by atoms with E-state index in [0.717, 1.165) is 5.56 Å². The number of hydrogen-bond acceptors (Lipinski definition) is 4. The number of nitrogens with zero attached hydrogens (tertiary/aromatic N) is 1. The normalized spacial score (nSPS) is 13.5. The molecule has 2 rings (SSSR count). The second-order valence-electron chi connectivity index (χ2n) is 5.52. The van der Waals surface area contributed by atoms with Crippen molar-refractivity contribution in [1.29, 1.82) is 0 Å². The lowest BCUT2D eigenvalue weighted by atomic mass is 10.1. The molecule has 2 aromatic rings. The lowest BCUT2D eigenvalue weighted by Crippen LogP contribution is -2.44. The fourth-order valence-corrected chi connectivity index (χ4v) is 3.68. The van der Waals surface area contributed by atoms with Gasteiger partial charge >= 0.3 is 5.97 Å². The standard InChI is InChI=1S/C15H18N2O4S/c1-9(2)13(15(18)19)17-22(20,21)12-6-4-5-11-7-10(3)8-16-14(11)12/h4-9,13,17H,1-3H3,(H,18,19)/t13-/m1/s1. The van der Waals surface area contributed by atoms with Gasteiger partial charge in [0.25, 0.3) is 0 Å². The molecule has 7 heteroatoms. The SMILES string of the molecule is Cc1cnc2c(S(=O)(=O)N[C@@H](C(=O)O)C(C)C)cccc2c1. The van der Waals surface area contributed by atoms with Crippen molar-refractivity contribution >= 4 is 26.9 Å². The Labute approximate surface area is 129 Å². The van der Waals surface area contributed by atoms with Gasteiger partial charge in [-0.15, -0.1) is 0 Å². The number of aliphatic carboxylic acids is 1. The number of pyridine rings is 1. The van der Waals surface area contributed by atoms with Crippen LogP contribution in [-0.4, -0.2) is 30.5 Å². The third-order valence-corrected chi connectivity index (χ3v) is 4.79. The molecule has 22 heavy (non-hydrogen) atoms. The first-order valence-corrected chi connectivity index (χ1v) is 8.31. The Balaban J connectivity index is 2.52. The molecule has 0 fully saturated rings. The van der Waals surface area contributed by atoms with Crippen LogP contribution < -0.4 is 4.72 Å². The molecule has 0 aliphatic carbocycles. The van der Waals surface area contributed by atoms with Gasteiger partial charge in [-0.2, -0.15) is 4.72 Å². The summed E-state index contributed by atoms with van der Waals surface area (Å²) in [5, 5.41) is 9.85. The first-order valence-electron chi connectivity index (χ1n) is 6.83. The Hall–Kier alpha value is -1.99. The molecule has 0 saturated heterocycles. The number of rotatable bonds is 5. The smallest absolute Gasteiger partial charge is 0.322 e. The minimum absolute atomic E-state index is 0.0168. The highest BCUT2D eigenvalue weighted by atomic mass is 32.2. The third-order valence-electron chi connectivity index (χ3n) is 3.32. The minimum atomic E-state index is -3.98. The molecule has 1 aromatic carbocycles. The van der Waals surface area contributed by atoms with Crippen LogP contribution in [0.2, 0.25) is 0 Å². The van der Waals surface area contributed by atoms with Gasteiger partial charge in [-0.3, -0.25) is 9.78 Å². The van der Waals surface area contributed by atoms with Crippen molar-refractivity contribution in [2.24, 2.45) is 5.92 Å². The summed E-state index contributed by atoms with van der Waals surface area (Å²) in [6.45, 7) is 5.16. The maximum Gasteiger partial charge on any atom is 0.322 e. The third kappa shape index (κ3) is 3.26. The van der Waals surface area contributed by atoms with E-state index < -0.39 is 22.0 Å². The van der Waals surface area contributed by atoms with Crippen molar-refractivity contribution in [2.45, 2.75) is 31.7 Å². The van der Waals surface area contributed by atoms with Gasteiger partial charge in [-0.1, -0.05) is 26.0 Å². The molecule has 0 amide bonds. The summed E-state index contributed by atoms with van der Waals surface area (Å²) in [5.41, 5.74) is 1.24. The van der Waals surface area contributed by atoms with Crippen LogP contribution in [0.5, 0.6) is 0 Å². The number of fused-ring (bicyclic) bond motifs is 1. The molecule has 2 N–H and O–H groups in total. The number of carboxylic acid groups (broad SMARTS) is 1. The maximum atomic E-state index is 12.5. The van der Waals surface area contributed by atoms with E-state index in [2.05, 4.69) is 9.71 Å². The van der Waals surface area contributed by atoms with Gasteiger partial charge in [-0.05, 0) is 30.5 Å². The molecule has 0 aliphatic heterocycles. The van der Waals surface area contributed by atoms with Crippen LogP contribution in [0.25, 0.3) is 10.9 Å². The number of benzene rings is 1. The molecule has 0 spiro atoms. The summed E-state index contributed by atoms with van der Waals surface area (Å²) >= 11 is 0. The van der Waals surface area contributed by atoms with Crippen molar-refractivity contribution in [3.63, 3.8) is 0 Å². The van der Waals surface area contributed by atoms with Gasteiger partial charge in [-0.25, -0.2) is 8.42 Å². The Bertz CT molecular complexity index is 815. The molecule has 0 bridgehead atoms. The maximum absolute atomic E-state index is 12.5. The number of aryl methyl sites for hydroxylation is 1. The van der Waals surface area contributed by atoms with E-state index in [9.17, 15) is 13.2 Å². The molecule has 0 aliphatic rings. The predicted molar refractivity (Wildman–Crippen MR) is 83.1 cm³/mol. The van der Waals surface area contributed by atoms with Crippen LogP contribution in [0.3, 0.4) is 0 Å². The van der Waals surface area contributed by atoms with Gasteiger partial charge in [0.05, 0.1) is 5.52 Å². The largest absolute Gasteiger partial charge is 0.480 e. The summed E-state index contributed by atoms with van der Waals surface area (Å²) in [6, 6.07) is 5.45. The number of carboxylic acids is 1. The highest BCUT2D eigenvalue weighted by Crippen LogP contribution is 2.22. The van der Waals surface area contributed by atoms with E-state index in [0.29, 0.717) is 10.9 Å². The Kier molecular flexibility index (Phi) is 4.48. The van der Waals surface area contributed by atoms with E-state index in [1.807, 2.05) is 13.0 Å². The number of sulfonamides is 1. The fourth-order valence-electron chi connectivity index (χ4n) is 2.16. The summed E-state index contributed by atoms with van der Waals surface area (Å²) in [6.07, 6.45) is 1.58. The van der Waals surface area contributed by atoms with E-state index in [4.69, 9.17) is 5.11 Å². The van der Waals surface area contributed by atoms with Crippen molar-refractivity contribution in [1.82, 2.24) is 9.71 Å². The molecule has 1 aromatic heterocycles. The predicted octanol–water partition coefficient (Wildman–Crippen LogP) is 1.93. The molecule has 0 saturated carbocycles. The van der Waals surface area contributed by atoms with Crippen molar-refractivity contribution < 1.29 is 18.3 Å². The molecule has 1 heterocycles. The highest BCUT2D eigenvalue weighted by molar-refractivity contribution is 7.89. The second-order valence-corrected chi connectivity index (χ2v) is 7.20. The zero-order chi connectivity index (χ0) is 16.5. The van der Waals surface area contributed by atoms with E-state index in [1.165, 1.54) is 6.07 Å². The summed E-state index contributed by atoms with van der Waals surface area (Å²) in [7, 11) is -3.98. The van der Waals surface area contributed by atoms with Crippen molar-refractivity contribution in [3.8, 4) is 0 Å². The summed E-state index contributed by atoms with van der Waals surface area (Å²) < 4.78 is 27.3. The van der Waals surface area contributed by atoms with E-state index in [1.54, 1.807) is 32.2 Å². The van der Waals surface area contributed by atoms with Gasteiger partial charge in [0.1, 0.15) is 10.9 Å². The quantitative estimate of drug-likeness (QED) is 0.877. The number of para-hydroxylation sites is 1. The number of aromatic nitrogens is 1. The molecule has 0 unspecified atom stereocenters. The molecule has 0 radical (unpaired) electrons. The first-order chi connectivity index (χ1) is 10.2. The van der Waals surface area contributed by atoms with Crippen molar-refractivity contribution in [2.75, 3.05) is 0 Å². The van der Waals surface area contributed by atoms with Crippen LogP contribution in [-0.2, 0) is 14.8 Å². The van der Waals surface area contributed by atoms with Crippen LogP contribution in [0.1, 0.15) is 19.4 Å². The summed E-state index contributed by atoms with van der Waals surface area (Å²) in [4.78, 5) is 15.4. The summed E-state index contributed by atoms with van der Waals surface area (Å²) in [5.74, 6) is -1.58. The Morgan fingerprint density at radius 2 is 2.00 bits per heavy atom. The molecular formula is C15H18N2O4S. The van der Waals surface area contributed by atoms with E-state index >= 15 is 0 Å². The van der Waals surface area contributed by atoms with Crippen LogP contribution in [0, 0.1) is 12.8 Å². The highest BCUT2D eigenvalue weighted by Gasteiger charge is 2.29. The van der Waals surface area contributed by atoms with Crippen LogP contribution in [0.15, 0.2) is 35.4 Å². The van der Waals surface area contributed by atoms with Crippen LogP contribution >= 0.6 is 0 Å². The topological polar surface area (TPSA) is 96.4 Å². The zero-order valence-electron chi connectivity index (χ0n) is 12.6. The van der Waals surface area contributed by atoms with Gasteiger partial charge in [0.2, 0.25) is 10.0 Å². The van der Waals surface area contributed by atoms with E-state index in [-0.39, 0.29) is 10.8 Å². The second kappa shape index (κ2) is 6.02. The molecule has 1 atom stereocenters. The lowest BCUT2D eigenvalue weighted by molar-refractivity contribution is -0.140. The minimum Gasteiger partial charge on any atom is -0.480 e. The number of nitrogens with one attached hydrogen (secondary N) is 1.